The number of rotatable bonds is 11. The minimum Gasteiger partial charge on any atom is -0.493 e. The molecule has 0 aromatic heterocycles. The Balaban J connectivity index is 1.29. The van der Waals surface area contributed by atoms with Crippen LogP contribution in [-0.4, -0.2) is 61.6 Å². The van der Waals surface area contributed by atoms with Crippen LogP contribution in [0.2, 0.25) is 0 Å². The smallest absolute Gasteiger partial charge is 0.231 e. The number of hydrogen-bond donors (Lipinski definition) is 0. The highest BCUT2D eigenvalue weighted by molar-refractivity contribution is 6.22. The molecule has 2 unspecified atom stereocenters. The molecular weight excluding hydrogens is 684 g/mol. The molecule has 4 aromatic carbocycles. The summed E-state index contributed by atoms with van der Waals surface area (Å²) < 4.78 is 21.8. The number of amides is 2. The Labute approximate surface area is 315 Å². The fraction of sp³-hybridized carbons (Fsp3) is 0.273. The summed E-state index contributed by atoms with van der Waals surface area (Å²) in [5, 5.41) is 0. The summed E-state index contributed by atoms with van der Waals surface area (Å²) in [4.78, 5) is 57.7. The van der Waals surface area contributed by atoms with E-state index in [4.69, 9.17) is 18.9 Å². The molecule has 0 N–H and O–H groups in total. The highest BCUT2D eigenvalue weighted by Crippen LogP contribution is 2.38. The summed E-state index contributed by atoms with van der Waals surface area (Å²) >= 11 is 0. The van der Waals surface area contributed by atoms with Crippen LogP contribution in [0.25, 0.3) is 5.57 Å². The van der Waals surface area contributed by atoms with Crippen molar-refractivity contribution in [2.24, 2.45) is 0 Å². The van der Waals surface area contributed by atoms with Gasteiger partial charge in [-0.2, -0.15) is 0 Å². The van der Waals surface area contributed by atoms with Crippen LogP contribution in [0.3, 0.4) is 0 Å². The fourth-order valence-electron chi connectivity index (χ4n) is 7.10. The van der Waals surface area contributed by atoms with Gasteiger partial charge in [0, 0.05) is 30.8 Å². The van der Waals surface area contributed by atoms with E-state index < -0.39 is 12.1 Å². The van der Waals surface area contributed by atoms with Crippen LogP contribution in [0.4, 0.5) is 0 Å². The van der Waals surface area contributed by atoms with E-state index in [1.54, 1.807) is 56.7 Å². The summed E-state index contributed by atoms with van der Waals surface area (Å²) in [6.45, 7) is 3.83. The van der Waals surface area contributed by atoms with E-state index in [2.05, 4.69) is 0 Å². The lowest BCUT2D eigenvalue weighted by molar-refractivity contribution is -0.132. The molecule has 2 amide bonds. The van der Waals surface area contributed by atoms with Gasteiger partial charge in [-0.15, -0.1) is 0 Å². The number of carbonyl (C=O) groups excluding carboxylic acids is 4. The Bertz CT molecular complexity index is 2140. The number of Topliss-reactive ketones (excluding diaryl/α,β-unsaturated/α-hetero) is 1. The Morgan fingerprint density at radius 1 is 0.630 bits per heavy atom. The summed E-state index contributed by atoms with van der Waals surface area (Å²) in [6.07, 6.45) is 5.03. The molecule has 0 aliphatic carbocycles. The molecule has 2 atom stereocenters. The summed E-state index contributed by atoms with van der Waals surface area (Å²) in [5.41, 5.74) is 5.98. The Hall–Kier alpha value is -6.16. The Morgan fingerprint density at radius 3 is 1.65 bits per heavy atom. The van der Waals surface area contributed by atoms with Crippen molar-refractivity contribution >= 4 is 29.0 Å². The topological polar surface area (TPSA) is 112 Å². The first-order chi connectivity index (χ1) is 26.0. The first-order valence-electron chi connectivity index (χ1n) is 17.7. The molecule has 2 aliphatic heterocycles. The number of nitrogens with zero attached hydrogens (tertiary/aromatic N) is 2. The average Bonchev–Trinajstić information content (AvgIpc) is 3.19. The van der Waals surface area contributed by atoms with Crippen LogP contribution in [0, 0.1) is 13.8 Å². The van der Waals surface area contributed by atoms with Crippen molar-refractivity contribution in [1.29, 1.82) is 0 Å². The molecule has 6 rings (SSSR count). The third-order valence-electron chi connectivity index (χ3n) is 10.2. The number of carbonyl (C=O) groups is 4. The van der Waals surface area contributed by atoms with Gasteiger partial charge in [-0.1, -0.05) is 54.6 Å². The van der Waals surface area contributed by atoms with Crippen molar-refractivity contribution in [3.63, 3.8) is 0 Å². The Morgan fingerprint density at radius 2 is 1.11 bits per heavy atom. The van der Waals surface area contributed by atoms with E-state index in [0.717, 1.165) is 33.4 Å². The first kappa shape index (κ1) is 37.6. The molecule has 0 saturated carbocycles. The maximum absolute atomic E-state index is 14.2. The molecule has 0 radical (unpaired) electrons. The lowest BCUT2D eigenvalue weighted by Gasteiger charge is -2.34. The third kappa shape index (κ3) is 7.78. The van der Waals surface area contributed by atoms with Crippen LogP contribution in [-0.2, 0) is 32.0 Å². The summed E-state index contributed by atoms with van der Waals surface area (Å²) in [5.74, 6) is 1.67. The van der Waals surface area contributed by atoms with Crippen molar-refractivity contribution in [2.45, 2.75) is 51.6 Å². The highest BCUT2D eigenvalue weighted by Gasteiger charge is 2.34. The quantitative estimate of drug-likeness (QED) is 0.161. The lowest BCUT2D eigenvalue weighted by atomic mass is 9.88. The number of ketones is 2. The van der Waals surface area contributed by atoms with Gasteiger partial charge < -0.3 is 28.7 Å². The lowest BCUT2D eigenvalue weighted by Crippen LogP contribution is -2.37. The number of benzene rings is 4. The number of allylic oxidation sites excluding steroid dienone is 2. The second-order valence-electron chi connectivity index (χ2n) is 13.4. The summed E-state index contributed by atoms with van der Waals surface area (Å²) in [6, 6.07) is 23.1. The molecule has 2 aliphatic rings. The van der Waals surface area contributed by atoms with Crippen molar-refractivity contribution in [2.75, 3.05) is 28.4 Å². The number of hydrogen-bond acceptors (Lipinski definition) is 8. The van der Waals surface area contributed by atoms with Gasteiger partial charge in [-0.3, -0.25) is 19.2 Å². The SMILES string of the molecule is COc1cc(C)c(CC(=O)N2C=CC(=O)CC2c2ccc(C3=CN(C(=O)Cc4cc(OC)c(OC)cc4C)C(c4ccccc4)CC3=O)cc2)cc1OC. The van der Waals surface area contributed by atoms with Crippen LogP contribution >= 0.6 is 0 Å². The molecule has 4 aromatic rings. The Kier molecular flexibility index (Phi) is 11.3. The van der Waals surface area contributed by atoms with Crippen molar-refractivity contribution in [1.82, 2.24) is 9.80 Å². The van der Waals surface area contributed by atoms with Gasteiger partial charge in [-0.25, -0.2) is 0 Å². The average molecular weight is 729 g/mol. The third-order valence-corrected chi connectivity index (χ3v) is 10.2. The van der Waals surface area contributed by atoms with Crippen LogP contribution in [0.5, 0.6) is 23.0 Å². The van der Waals surface area contributed by atoms with Crippen LogP contribution in [0.1, 0.15) is 63.9 Å². The van der Waals surface area contributed by atoms with Gasteiger partial charge in [-0.05, 0) is 83.1 Å². The zero-order valence-electron chi connectivity index (χ0n) is 31.4. The van der Waals surface area contributed by atoms with E-state index in [1.165, 1.54) is 6.08 Å². The molecule has 10 nitrogen and oxygen atoms in total. The summed E-state index contributed by atoms with van der Waals surface area (Å²) in [7, 11) is 6.24. The number of methoxy groups -OCH3 is 4. The molecule has 54 heavy (non-hydrogen) atoms. The van der Waals surface area contributed by atoms with Crippen molar-refractivity contribution in [3.05, 3.63) is 136 Å². The van der Waals surface area contributed by atoms with Crippen molar-refractivity contribution < 1.29 is 38.1 Å². The molecular formula is C44H44N2O8. The predicted octanol–water partition coefficient (Wildman–Crippen LogP) is 7.06. The van der Waals surface area contributed by atoms with Gasteiger partial charge in [0.2, 0.25) is 11.8 Å². The molecule has 278 valence electrons. The van der Waals surface area contributed by atoms with Crippen LogP contribution in [0.15, 0.2) is 97.3 Å². The standard InChI is InChI=1S/C44H44N2O8/c1-27-18-39(51-3)41(53-5)20-32(27)22-43(49)45-17-16-34(47)24-36(45)31-14-12-29(13-15-31)35-26-46(37(25-38(35)48)30-10-8-7-9-11-30)44(50)23-33-21-42(54-6)40(52-4)19-28(33)2/h7-21,26,36-37H,22-25H2,1-6H3. The minimum absolute atomic E-state index is 0.0857. The monoisotopic (exact) mass is 728 g/mol. The first-order valence-corrected chi connectivity index (χ1v) is 17.7. The van der Waals surface area contributed by atoms with Crippen LogP contribution < -0.4 is 18.9 Å². The van der Waals surface area contributed by atoms with Gasteiger partial charge >= 0.3 is 0 Å². The zero-order valence-corrected chi connectivity index (χ0v) is 31.4. The molecule has 10 heteroatoms. The van der Waals surface area contributed by atoms with Gasteiger partial charge in [0.15, 0.2) is 34.6 Å². The normalized spacial score (nSPS) is 16.9. The van der Waals surface area contributed by atoms with E-state index in [1.807, 2.05) is 86.6 Å². The fourth-order valence-corrected chi connectivity index (χ4v) is 7.10. The molecule has 2 heterocycles. The highest BCUT2D eigenvalue weighted by atomic mass is 16.5. The molecule has 0 fully saturated rings. The van der Waals surface area contributed by atoms with E-state index in [9.17, 15) is 19.2 Å². The predicted molar refractivity (Wildman–Crippen MR) is 204 cm³/mol. The van der Waals surface area contributed by atoms with Gasteiger partial charge in [0.25, 0.3) is 0 Å². The minimum atomic E-state index is -0.536. The van der Waals surface area contributed by atoms with E-state index in [-0.39, 0.29) is 49.1 Å². The molecule has 0 bridgehead atoms. The van der Waals surface area contributed by atoms with E-state index in [0.29, 0.717) is 34.1 Å². The number of aryl methyl sites for hydroxylation is 2. The zero-order chi connectivity index (χ0) is 38.5. The second-order valence-corrected chi connectivity index (χ2v) is 13.4. The van der Waals surface area contributed by atoms with Gasteiger partial charge in [0.05, 0.1) is 53.4 Å². The van der Waals surface area contributed by atoms with Crippen molar-refractivity contribution in [3.8, 4) is 23.0 Å². The number of ether oxygens (including phenoxy) is 4. The van der Waals surface area contributed by atoms with E-state index >= 15 is 0 Å². The second kappa shape index (κ2) is 16.2. The molecule has 0 saturated heterocycles. The maximum atomic E-state index is 14.2. The van der Waals surface area contributed by atoms with Gasteiger partial charge in [0.1, 0.15) is 0 Å². The largest absolute Gasteiger partial charge is 0.493 e. The molecule has 0 spiro atoms. The maximum Gasteiger partial charge on any atom is 0.231 e.